The van der Waals surface area contributed by atoms with Crippen LogP contribution in [0.2, 0.25) is 5.02 Å². The first kappa shape index (κ1) is 33.6. The number of benzene rings is 2. The van der Waals surface area contributed by atoms with Crippen molar-refractivity contribution in [3.8, 4) is 5.69 Å². The first-order chi connectivity index (χ1) is 22.3. The van der Waals surface area contributed by atoms with E-state index >= 15 is 0 Å². The van der Waals surface area contributed by atoms with E-state index in [1.54, 1.807) is 42.5 Å². The van der Waals surface area contributed by atoms with E-state index in [2.05, 4.69) is 4.98 Å². The van der Waals surface area contributed by atoms with Gasteiger partial charge in [-0.05, 0) is 49.2 Å². The minimum absolute atomic E-state index is 0.0101. The van der Waals surface area contributed by atoms with Gasteiger partial charge in [0.05, 0.1) is 28.8 Å². The van der Waals surface area contributed by atoms with Gasteiger partial charge >= 0.3 is 17.9 Å². The lowest BCUT2D eigenvalue weighted by atomic mass is 9.94. The normalized spacial score (nSPS) is 21.7. The van der Waals surface area contributed by atoms with Gasteiger partial charge in [0.15, 0.2) is 30.4 Å². The zero-order valence-electron chi connectivity index (χ0n) is 25.9. The second kappa shape index (κ2) is 14.0. The molecule has 0 bridgehead atoms. The van der Waals surface area contributed by atoms with E-state index in [9.17, 15) is 28.8 Å². The number of halogens is 1. The predicted molar refractivity (Wildman–Crippen MR) is 166 cm³/mol. The van der Waals surface area contributed by atoms with Crippen molar-refractivity contribution < 1.29 is 47.7 Å². The number of fused-ring (bicyclic) bond motifs is 4. The number of aromatic nitrogens is 2. The van der Waals surface area contributed by atoms with Crippen molar-refractivity contribution in [2.75, 3.05) is 6.61 Å². The Morgan fingerprint density at radius 2 is 1.60 bits per heavy atom. The average Bonchev–Trinajstić information content (AvgIpc) is 3.27. The van der Waals surface area contributed by atoms with Crippen LogP contribution in [0.15, 0.2) is 47.3 Å². The molecule has 13 nitrogen and oxygen atoms in total. The predicted octanol–water partition coefficient (Wildman–Crippen LogP) is 3.50. The molecule has 0 amide bonds. The summed E-state index contributed by atoms with van der Waals surface area (Å²) in [5.74, 6) is -2.66. The third-order valence-corrected chi connectivity index (χ3v) is 7.72. The summed E-state index contributed by atoms with van der Waals surface area (Å²) < 4.78 is 29.6. The third-order valence-electron chi connectivity index (χ3n) is 7.48. The summed E-state index contributed by atoms with van der Waals surface area (Å²) in [5, 5.41) is 0.652. The molecule has 47 heavy (non-hydrogen) atoms. The molecule has 5 unspecified atom stereocenters. The summed E-state index contributed by atoms with van der Waals surface area (Å²) >= 11 is 6.06. The molecule has 2 aliphatic rings. The largest absolute Gasteiger partial charge is 0.456 e. The maximum absolute atomic E-state index is 13.5. The molecule has 5 atom stereocenters. The van der Waals surface area contributed by atoms with Crippen LogP contribution in [-0.4, -0.2) is 76.3 Å². The summed E-state index contributed by atoms with van der Waals surface area (Å²) in [4.78, 5) is 78.6. The highest BCUT2D eigenvalue weighted by Gasteiger charge is 2.52. The van der Waals surface area contributed by atoms with Crippen molar-refractivity contribution >= 4 is 58.1 Å². The van der Waals surface area contributed by atoms with Crippen LogP contribution in [0.1, 0.15) is 62.3 Å². The molecule has 0 saturated carbocycles. The first-order valence-electron chi connectivity index (χ1n) is 14.7. The lowest BCUT2D eigenvalue weighted by molar-refractivity contribution is -0.302. The number of Topliss-reactive ketones (excluding diaryl/α,β-unsaturated/α-hetero) is 1. The molecule has 2 aliphatic heterocycles. The molecule has 1 saturated heterocycles. The van der Waals surface area contributed by atoms with Gasteiger partial charge in [-0.25, -0.2) is 4.98 Å². The number of carbonyl (C=O) groups excluding carboxylic acids is 5. The second-order valence-electron chi connectivity index (χ2n) is 11.1. The molecule has 1 aromatic heterocycles. The van der Waals surface area contributed by atoms with Crippen LogP contribution in [0.3, 0.4) is 0 Å². The molecule has 2 aromatic carbocycles. The molecular weight excluding hydrogens is 636 g/mol. The molecule has 0 spiro atoms. The molecule has 1 fully saturated rings. The summed E-state index contributed by atoms with van der Waals surface area (Å²) in [6.45, 7) is 4.78. The van der Waals surface area contributed by atoms with E-state index in [1.807, 2.05) is 0 Å². The highest BCUT2D eigenvalue weighted by Crippen LogP contribution is 2.32. The van der Waals surface area contributed by atoms with Crippen molar-refractivity contribution in [1.29, 1.82) is 0 Å². The summed E-state index contributed by atoms with van der Waals surface area (Å²) in [6.07, 6.45) is -2.47. The van der Waals surface area contributed by atoms with Gasteiger partial charge < -0.3 is 28.5 Å². The first-order valence-corrected chi connectivity index (χ1v) is 15.1. The molecule has 0 aliphatic carbocycles. The van der Waals surface area contributed by atoms with Crippen molar-refractivity contribution in [1.82, 2.24) is 9.55 Å². The Labute approximate surface area is 273 Å². The molecule has 3 aromatic rings. The summed E-state index contributed by atoms with van der Waals surface area (Å²) in [7, 11) is 0. The highest BCUT2D eigenvalue weighted by atomic mass is 35.5. The minimum Gasteiger partial charge on any atom is -0.456 e. The number of hydrogen-bond donors (Lipinski definition) is 0. The zero-order chi connectivity index (χ0) is 34.0. The number of rotatable bonds is 10. The van der Waals surface area contributed by atoms with Gasteiger partial charge in [-0.2, -0.15) is 0 Å². The minimum atomic E-state index is -1.31. The maximum Gasteiger partial charge on any atom is 0.303 e. The molecule has 246 valence electrons. The molecule has 14 heteroatoms. The molecular formula is C33H31ClN2O11. The van der Waals surface area contributed by atoms with E-state index in [0.29, 0.717) is 27.4 Å². The van der Waals surface area contributed by atoms with Crippen molar-refractivity contribution in [3.63, 3.8) is 0 Å². The lowest BCUT2D eigenvalue weighted by Gasteiger charge is -2.44. The quantitative estimate of drug-likeness (QED) is 0.179. The molecule has 3 heterocycles. The Kier molecular flexibility index (Phi) is 9.99. The summed E-state index contributed by atoms with van der Waals surface area (Å²) in [6, 6.07) is 9.67. The van der Waals surface area contributed by atoms with Crippen molar-refractivity contribution in [3.05, 3.63) is 74.8 Å². The number of nitrogens with zero attached hydrogens (tertiary/aromatic N) is 2. The number of ketones is 2. The van der Waals surface area contributed by atoms with Crippen LogP contribution in [0.4, 0.5) is 0 Å². The third kappa shape index (κ3) is 7.32. The van der Waals surface area contributed by atoms with Gasteiger partial charge in [-0.1, -0.05) is 29.8 Å². The fourth-order valence-corrected chi connectivity index (χ4v) is 5.76. The number of carbonyl (C=O) groups is 5. The van der Waals surface area contributed by atoms with Crippen LogP contribution in [-0.2, 0) is 42.9 Å². The Bertz CT molecular complexity index is 1870. The van der Waals surface area contributed by atoms with Gasteiger partial charge in [0.25, 0.3) is 5.56 Å². The van der Waals surface area contributed by atoms with E-state index in [-0.39, 0.29) is 36.4 Å². The second-order valence-corrected chi connectivity index (χ2v) is 11.5. The average molecular weight is 667 g/mol. The van der Waals surface area contributed by atoms with Gasteiger partial charge in [0.2, 0.25) is 5.78 Å². The number of hydrogen-bond acceptors (Lipinski definition) is 12. The van der Waals surface area contributed by atoms with Crippen LogP contribution in [0, 0.1) is 0 Å². The van der Waals surface area contributed by atoms with Crippen LogP contribution < -0.4 is 5.56 Å². The van der Waals surface area contributed by atoms with Gasteiger partial charge in [-0.15, -0.1) is 0 Å². The van der Waals surface area contributed by atoms with Crippen LogP contribution in [0.5, 0.6) is 0 Å². The Morgan fingerprint density at radius 3 is 2.28 bits per heavy atom. The van der Waals surface area contributed by atoms with E-state index in [1.165, 1.54) is 24.5 Å². The Hall–Kier alpha value is -4.72. The zero-order valence-corrected chi connectivity index (χ0v) is 26.6. The van der Waals surface area contributed by atoms with Crippen molar-refractivity contribution in [2.24, 2.45) is 0 Å². The molecule has 0 radical (unpaired) electrons. The number of esters is 3. The lowest BCUT2D eigenvalue weighted by Crippen LogP contribution is -2.61. The fourth-order valence-electron chi connectivity index (χ4n) is 5.59. The summed E-state index contributed by atoms with van der Waals surface area (Å²) in [5.41, 5.74) is 1.25. The van der Waals surface area contributed by atoms with E-state index in [4.69, 9.17) is 35.3 Å². The van der Waals surface area contributed by atoms with Crippen LogP contribution >= 0.6 is 11.6 Å². The monoisotopic (exact) mass is 666 g/mol. The maximum atomic E-state index is 13.5. The standard InChI is InChI=1S/C33H31ClN2O11/c1-16(37)7-12-26-28(44-17(2)38)29(45-18(3)39)30(46-19(4)40)33(47-26)43-13-5-6-20-8-10-24-22(14-20)32(42)36-25-11-9-21(34)15-23(25)27(41)31(36)35-24/h5-6,8-11,14-15,26,28-30,33H,7,12-13H2,1-4H3/b6-5+. The Balaban J connectivity index is 1.38. The van der Waals surface area contributed by atoms with Crippen LogP contribution in [0.25, 0.3) is 22.7 Å². The fraction of sp³-hybridized carbons (Fsp3) is 0.364. The molecule has 0 N–H and O–H groups in total. The van der Waals surface area contributed by atoms with Gasteiger partial charge in [0, 0.05) is 32.2 Å². The number of ether oxygens (including phenoxy) is 5. The molecule has 5 rings (SSSR count). The van der Waals surface area contributed by atoms with Gasteiger partial charge in [0.1, 0.15) is 11.9 Å². The van der Waals surface area contributed by atoms with Gasteiger partial charge in [-0.3, -0.25) is 28.5 Å². The smallest absolute Gasteiger partial charge is 0.303 e. The van der Waals surface area contributed by atoms with Crippen molar-refractivity contribution in [2.45, 2.75) is 71.2 Å². The Morgan fingerprint density at radius 1 is 0.915 bits per heavy atom. The van der Waals surface area contributed by atoms with E-state index < -0.39 is 60.0 Å². The van der Waals surface area contributed by atoms with E-state index in [0.717, 1.165) is 13.8 Å². The highest BCUT2D eigenvalue weighted by molar-refractivity contribution is 6.31. The SMILES string of the molecule is CC(=O)CCC1OC(OC/C=C/c2ccc3nc4n(c(=O)c3c2)-c2ccc(Cl)cc2C4=O)C(OC(C)=O)C(OC(C)=O)C1OC(C)=O. The topological polar surface area (TPSA) is 166 Å².